The van der Waals surface area contributed by atoms with Gasteiger partial charge in [0.05, 0.1) is 6.26 Å². The van der Waals surface area contributed by atoms with Crippen LogP contribution in [0.2, 0.25) is 18.1 Å². The van der Waals surface area contributed by atoms with E-state index >= 15 is 0 Å². The SMILES string of the molecule is CCCC[Si](CCCC)(CCCC)OS(C)(=O)=O. The van der Waals surface area contributed by atoms with Crippen molar-refractivity contribution < 1.29 is 12.3 Å². The summed E-state index contributed by atoms with van der Waals surface area (Å²) >= 11 is 0. The lowest BCUT2D eigenvalue weighted by Crippen LogP contribution is -2.40. The highest BCUT2D eigenvalue weighted by Gasteiger charge is 2.36. The van der Waals surface area contributed by atoms with Gasteiger partial charge >= 0.3 is 0 Å². The summed E-state index contributed by atoms with van der Waals surface area (Å²) in [6.07, 6.45) is 7.82. The van der Waals surface area contributed by atoms with Gasteiger partial charge in [0.1, 0.15) is 0 Å². The zero-order valence-corrected chi connectivity index (χ0v) is 14.3. The quantitative estimate of drug-likeness (QED) is 0.533. The summed E-state index contributed by atoms with van der Waals surface area (Å²) in [6, 6.07) is 2.99. The molecule has 0 aromatic heterocycles. The molecule has 0 bridgehead atoms. The lowest BCUT2D eigenvalue weighted by atomic mass is 10.4. The molecule has 110 valence electrons. The molecule has 3 nitrogen and oxygen atoms in total. The number of hydrogen-bond acceptors (Lipinski definition) is 3. The minimum atomic E-state index is -3.31. The molecular weight excluding hydrogens is 264 g/mol. The summed E-state index contributed by atoms with van der Waals surface area (Å²) in [7, 11) is -5.39. The second kappa shape index (κ2) is 9.10. The van der Waals surface area contributed by atoms with E-state index in [1.54, 1.807) is 0 Å². The maximum atomic E-state index is 11.5. The molecule has 0 spiro atoms. The Morgan fingerprint density at radius 3 is 1.39 bits per heavy atom. The van der Waals surface area contributed by atoms with Crippen molar-refractivity contribution in [1.82, 2.24) is 0 Å². The van der Waals surface area contributed by atoms with E-state index in [1.165, 1.54) is 6.26 Å². The van der Waals surface area contributed by atoms with Crippen LogP contribution in [0, 0.1) is 0 Å². The fraction of sp³-hybridized carbons (Fsp3) is 1.00. The van der Waals surface area contributed by atoms with E-state index in [0.717, 1.165) is 56.7 Å². The number of rotatable bonds is 11. The molecule has 0 aliphatic heterocycles. The topological polar surface area (TPSA) is 43.4 Å². The van der Waals surface area contributed by atoms with Crippen molar-refractivity contribution in [2.24, 2.45) is 0 Å². The molecule has 0 amide bonds. The van der Waals surface area contributed by atoms with Crippen LogP contribution >= 0.6 is 0 Å². The van der Waals surface area contributed by atoms with E-state index in [-0.39, 0.29) is 0 Å². The highest BCUT2D eigenvalue weighted by Crippen LogP contribution is 2.30. The van der Waals surface area contributed by atoms with E-state index in [0.29, 0.717) is 0 Å². The van der Waals surface area contributed by atoms with Crippen molar-refractivity contribution in [3.63, 3.8) is 0 Å². The largest absolute Gasteiger partial charge is 0.315 e. The summed E-state index contributed by atoms with van der Waals surface area (Å²) in [6.45, 7) is 6.46. The zero-order chi connectivity index (χ0) is 14.1. The molecule has 0 N–H and O–H groups in total. The van der Waals surface area contributed by atoms with Crippen LogP contribution in [0.15, 0.2) is 0 Å². The first-order chi connectivity index (χ1) is 8.39. The smallest absolute Gasteiger partial charge is 0.254 e. The monoisotopic (exact) mass is 294 g/mol. The van der Waals surface area contributed by atoms with Gasteiger partial charge in [0, 0.05) is 0 Å². The predicted molar refractivity (Wildman–Crippen MR) is 80.8 cm³/mol. The standard InChI is InChI=1S/C13H30O3SSi/c1-5-8-11-18(12-9-6-2,13-10-7-3)16-17(4,14)15/h5-13H2,1-4H3. The van der Waals surface area contributed by atoms with Crippen molar-refractivity contribution in [2.45, 2.75) is 77.4 Å². The van der Waals surface area contributed by atoms with Crippen LogP contribution in [-0.4, -0.2) is 23.0 Å². The highest BCUT2D eigenvalue weighted by molar-refractivity contribution is 7.87. The van der Waals surface area contributed by atoms with Crippen LogP contribution in [-0.2, 0) is 14.0 Å². The van der Waals surface area contributed by atoms with E-state index in [4.69, 9.17) is 3.87 Å². The van der Waals surface area contributed by atoms with Crippen molar-refractivity contribution in [2.75, 3.05) is 6.26 Å². The molecule has 0 atom stereocenters. The molecule has 0 rings (SSSR count). The average Bonchev–Trinajstić information content (AvgIpc) is 2.29. The van der Waals surface area contributed by atoms with Gasteiger partial charge in [0.25, 0.3) is 10.1 Å². The van der Waals surface area contributed by atoms with Crippen LogP contribution in [0.1, 0.15) is 59.3 Å². The molecule has 0 aliphatic rings. The lowest BCUT2D eigenvalue weighted by molar-refractivity contribution is 0.472. The first-order valence-electron chi connectivity index (χ1n) is 7.29. The van der Waals surface area contributed by atoms with Gasteiger partial charge in [0.15, 0.2) is 0 Å². The summed E-state index contributed by atoms with van der Waals surface area (Å²) < 4.78 is 28.7. The lowest BCUT2D eigenvalue weighted by Gasteiger charge is -2.30. The third kappa shape index (κ3) is 8.27. The van der Waals surface area contributed by atoms with Gasteiger partial charge < -0.3 is 3.87 Å². The zero-order valence-electron chi connectivity index (χ0n) is 12.5. The van der Waals surface area contributed by atoms with Gasteiger partial charge in [-0.05, 0) is 18.1 Å². The summed E-state index contributed by atoms with van der Waals surface area (Å²) in [4.78, 5) is 0. The Morgan fingerprint density at radius 2 is 1.17 bits per heavy atom. The average molecular weight is 295 g/mol. The van der Waals surface area contributed by atoms with Crippen LogP contribution in [0.5, 0.6) is 0 Å². The molecule has 0 fully saturated rings. The Bertz CT molecular complexity index is 280. The molecule has 0 saturated heterocycles. The van der Waals surface area contributed by atoms with E-state index in [1.807, 2.05) is 0 Å². The van der Waals surface area contributed by atoms with Crippen LogP contribution in [0.4, 0.5) is 0 Å². The molecule has 0 heterocycles. The van der Waals surface area contributed by atoms with E-state index in [9.17, 15) is 8.42 Å². The van der Waals surface area contributed by atoms with Crippen LogP contribution in [0.25, 0.3) is 0 Å². The summed E-state index contributed by atoms with van der Waals surface area (Å²) in [5.41, 5.74) is 0. The summed E-state index contributed by atoms with van der Waals surface area (Å²) in [5, 5.41) is 0. The number of unbranched alkanes of at least 4 members (excludes halogenated alkanes) is 3. The van der Waals surface area contributed by atoms with E-state index in [2.05, 4.69) is 20.8 Å². The molecule has 0 aromatic rings. The first kappa shape index (κ1) is 18.1. The maximum absolute atomic E-state index is 11.5. The Balaban J connectivity index is 4.84. The van der Waals surface area contributed by atoms with Crippen LogP contribution in [0.3, 0.4) is 0 Å². The maximum Gasteiger partial charge on any atom is 0.254 e. The normalized spacial score (nSPS) is 12.9. The Hall–Kier alpha value is 0.127. The van der Waals surface area contributed by atoms with Gasteiger partial charge in [-0.1, -0.05) is 59.3 Å². The van der Waals surface area contributed by atoms with Crippen molar-refractivity contribution in [3.05, 3.63) is 0 Å². The molecule has 0 saturated carbocycles. The highest BCUT2D eigenvalue weighted by atomic mass is 32.2. The summed E-state index contributed by atoms with van der Waals surface area (Å²) in [5.74, 6) is 0. The predicted octanol–water partition coefficient (Wildman–Crippen LogP) is 4.31. The fourth-order valence-electron chi connectivity index (χ4n) is 2.32. The van der Waals surface area contributed by atoms with Gasteiger partial charge in [-0.2, -0.15) is 0 Å². The van der Waals surface area contributed by atoms with Gasteiger partial charge in [-0.3, -0.25) is 0 Å². The number of hydrogen-bond donors (Lipinski definition) is 0. The molecular formula is C13H30O3SSi. The molecule has 0 aromatic carbocycles. The van der Waals surface area contributed by atoms with Crippen molar-refractivity contribution >= 4 is 18.4 Å². The first-order valence-corrected chi connectivity index (χ1v) is 11.6. The minimum absolute atomic E-state index is 0.997. The molecule has 0 aliphatic carbocycles. The third-order valence-electron chi connectivity index (χ3n) is 3.29. The van der Waals surface area contributed by atoms with E-state index < -0.39 is 18.4 Å². The minimum Gasteiger partial charge on any atom is -0.315 e. The molecule has 0 radical (unpaired) electrons. The van der Waals surface area contributed by atoms with Crippen molar-refractivity contribution in [3.8, 4) is 0 Å². The second-order valence-corrected chi connectivity index (χ2v) is 11.2. The molecule has 0 unspecified atom stereocenters. The van der Waals surface area contributed by atoms with Crippen molar-refractivity contribution in [1.29, 1.82) is 0 Å². The Kier molecular flexibility index (Phi) is 9.16. The Labute approximate surface area is 115 Å². The van der Waals surface area contributed by atoms with Crippen LogP contribution < -0.4 is 0 Å². The molecule has 5 heteroatoms. The van der Waals surface area contributed by atoms with Gasteiger partial charge in [-0.15, -0.1) is 0 Å². The second-order valence-electron chi connectivity index (χ2n) is 5.28. The van der Waals surface area contributed by atoms with Gasteiger partial charge in [-0.25, -0.2) is 8.42 Å². The Morgan fingerprint density at radius 1 is 0.833 bits per heavy atom. The molecule has 18 heavy (non-hydrogen) atoms. The van der Waals surface area contributed by atoms with Gasteiger partial charge in [0.2, 0.25) is 8.32 Å². The fourth-order valence-corrected chi connectivity index (χ4v) is 9.63. The third-order valence-corrected chi connectivity index (χ3v) is 9.71.